The highest BCUT2D eigenvalue weighted by Crippen LogP contribution is 2.39. The van der Waals surface area contributed by atoms with Crippen molar-refractivity contribution >= 4 is 10.9 Å². The number of benzene rings is 1. The summed E-state index contributed by atoms with van der Waals surface area (Å²) in [5.74, 6) is -0.312. The molecule has 2 aromatic rings. The van der Waals surface area contributed by atoms with E-state index >= 15 is 0 Å². The SMILES string of the molecule is COc1cc(C(F)(F)F)nc2c(C(F)(F)F)cccc12. The molecule has 0 aliphatic rings. The minimum absolute atomic E-state index is 0.129. The Hall–Kier alpha value is -1.99. The third-order valence-corrected chi connectivity index (χ3v) is 2.62. The fourth-order valence-electron chi connectivity index (χ4n) is 1.76. The van der Waals surface area contributed by atoms with Crippen molar-refractivity contribution in [2.75, 3.05) is 7.11 Å². The number of ether oxygens (including phenoxy) is 1. The number of rotatable bonds is 1. The maximum atomic E-state index is 12.8. The van der Waals surface area contributed by atoms with Crippen molar-refractivity contribution in [1.82, 2.24) is 4.98 Å². The van der Waals surface area contributed by atoms with Crippen molar-refractivity contribution in [2.24, 2.45) is 0 Å². The molecule has 0 bridgehead atoms. The molecule has 1 aromatic carbocycles. The maximum Gasteiger partial charge on any atom is 0.433 e. The molecule has 0 N–H and O–H groups in total. The van der Waals surface area contributed by atoms with Crippen molar-refractivity contribution in [3.63, 3.8) is 0 Å². The molecular formula is C12H7F6NO. The molecule has 20 heavy (non-hydrogen) atoms. The van der Waals surface area contributed by atoms with Gasteiger partial charge in [0.15, 0.2) is 0 Å². The minimum Gasteiger partial charge on any atom is -0.496 e. The molecule has 108 valence electrons. The van der Waals surface area contributed by atoms with Gasteiger partial charge in [-0.1, -0.05) is 6.07 Å². The molecule has 0 spiro atoms. The van der Waals surface area contributed by atoms with Crippen molar-refractivity contribution in [1.29, 1.82) is 0 Å². The molecule has 8 heteroatoms. The molecule has 0 saturated heterocycles. The van der Waals surface area contributed by atoms with Crippen molar-refractivity contribution in [3.05, 3.63) is 35.5 Å². The standard InChI is InChI=1S/C12H7F6NO/c1-20-8-5-9(12(16,17)18)19-10-6(8)3-2-4-7(10)11(13,14)15/h2-5H,1H3. The third kappa shape index (κ3) is 2.50. The molecule has 2 rings (SSSR count). The normalized spacial score (nSPS) is 12.8. The maximum absolute atomic E-state index is 12.8. The molecule has 0 saturated carbocycles. The van der Waals surface area contributed by atoms with E-state index < -0.39 is 29.1 Å². The van der Waals surface area contributed by atoms with E-state index in [1.54, 1.807) is 0 Å². The van der Waals surface area contributed by atoms with Crippen molar-refractivity contribution in [3.8, 4) is 5.75 Å². The first-order chi connectivity index (χ1) is 9.14. The van der Waals surface area contributed by atoms with Crippen molar-refractivity contribution in [2.45, 2.75) is 12.4 Å². The van der Waals surface area contributed by atoms with Gasteiger partial charge in [-0.2, -0.15) is 26.3 Å². The summed E-state index contributed by atoms with van der Waals surface area (Å²) in [6.45, 7) is 0. The van der Waals surface area contributed by atoms with Crippen LogP contribution in [0.4, 0.5) is 26.3 Å². The Morgan fingerprint density at radius 2 is 1.65 bits per heavy atom. The van der Waals surface area contributed by atoms with Gasteiger partial charge in [-0.05, 0) is 12.1 Å². The average Bonchev–Trinajstić information content (AvgIpc) is 2.34. The quantitative estimate of drug-likeness (QED) is 0.733. The van der Waals surface area contributed by atoms with E-state index in [-0.39, 0.29) is 11.1 Å². The summed E-state index contributed by atoms with van der Waals surface area (Å²) in [7, 11) is 1.08. The smallest absolute Gasteiger partial charge is 0.433 e. The zero-order chi connectivity index (χ0) is 15.1. The number of para-hydroxylation sites is 1. The second-order valence-electron chi connectivity index (χ2n) is 3.91. The number of aromatic nitrogens is 1. The molecule has 0 aliphatic heterocycles. The Morgan fingerprint density at radius 3 is 2.15 bits per heavy atom. The number of fused-ring (bicyclic) bond motifs is 1. The van der Waals surface area contributed by atoms with Crippen LogP contribution in [0.3, 0.4) is 0 Å². The summed E-state index contributed by atoms with van der Waals surface area (Å²) in [5.41, 5.74) is -3.45. The second-order valence-corrected chi connectivity index (χ2v) is 3.91. The highest BCUT2D eigenvalue weighted by atomic mass is 19.4. The summed E-state index contributed by atoms with van der Waals surface area (Å²) in [5, 5.41) is -0.129. The molecular weight excluding hydrogens is 288 g/mol. The fourth-order valence-corrected chi connectivity index (χ4v) is 1.76. The van der Waals surface area contributed by atoms with Gasteiger partial charge in [-0.25, -0.2) is 4.98 Å². The summed E-state index contributed by atoms with van der Waals surface area (Å²) in [6.07, 6.45) is -9.66. The number of hydrogen-bond donors (Lipinski definition) is 0. The second kappa shape index (κ2) is 4.53. The largest absolute Gasteiger partial charge is 0.496 e. The Bertz CT molecular complexity index is 647. The summed E-state index contributed by atoms with van der Waals surface area (Å²) in [6, 6.07) is 3.55. The lowest BCUT2D eigenvalue weighted by molar-refractivity contribution is -0.142. The van der Waals surface area contributed by atoms with Crippen LogP contribution in [0.25, 0.3) is 10.9 Å². The number of methoxy groups -OCH3 is 1. The van der Waals surface area contributed by atoms with Gasteiger partial charge < -0.3 is 4.74 Å². The number of halogens is 6. The zero-order valence-corrected chi connectivity index (χ0v) is 9.93. The van der Waals surface area contributed by atoms with Gasteiger partial charge in [0, 0.05) is 11.5 Å². The number of alkyl halides is 6. The van der Waals surface area contributed by atoms with E-state index in [0.717, 1.165) is 13.2 Å². The van der Waals surface area contributed by atoms with E-state index in [2.05, 4.69) is 4.98 Å². The van der Waals surface area contributed by atoms with Gasteiger partial charge in [0.1, 0.15) is 11.4 Å². The monoisotopic (exact) mass is 295 g/mol. The van der Waals surface area contributed by atoms with Gasteiger partial charge in [0.05, 0.1) is 18.2 Å². The van der Waals surface area contributed by atoms with Crippen LogP contribution < -0.4 is 4.74 Å². The van der Waals surface area contributed by atoms with E-state index in [1.807, 2.05) is 0 Å². The molecule has 0 atom stereocenters. The lowest BCUT2D eigenvalue weighted by atomic mass is 10.1. The molecule has 1 heterocycles. The highest BCUT2D eigenvalue weighted by molar-refractivity contribution is 5.88. The number of nitrogens with zero attached hydrogens (tertiary/aromatic N) is 1. The zero-order valence-electron chi connectivity index (χ0n) is 9.93. The Kier molecular flexibility index (Phi) is 3.27. The summed E-state index contributed by atoms with van der Waals surface area (Å²) in [4.78, 5) is 3.10. The van der Waals surface area contributed by atoms with Gasteiger partial charge in [0.2, 0.25) is 0 Å². The molecule has 0 aliphatic carbocycles. The van der Waals surface area contributed by atoms with Crippen LogP contribution in [0.2, 0.25) is 0 Å². The van der Waals surface area contributed by atoms with Crippen LogP contribution in [-0.2, 0) is 12.4 Å². The van der Waals surface area contributed by atoms with Gasteiger partial charge >= 0.3 is 12.4 Å². The average molecular weight is 295 g/mol. The van der Waals surface area contributed by atoms with E-state index in [1.165, 1.54) is 6.07 Å². The fraction of sp³-hybridized carbons (Fsp3) is 0.250. The van der Waals surface area contributed by atoms with E-state index in [0.29, 0.717) is 12.1 Å². The lowest BCUT2D eigenvalue weighted by Crippen LogP contribution is -2.12. The summed E-state index contributed by atoms with van der Waals surface area (Å²) < 4.78 is 81.2. The summed E-state index contributed by atoms with van der Waals surface area (Å²) >= 11 is 0. The van der Waals surface area contributed by atoms with E-state index in [9.17, 15) is 26.3 Å². The molecule has 0 fully saturated rings. The lowest BCUT2D eigenvalue weighted by Gasteiger charge is -2.14. The predicted molar refractivity (Wildman–Crippen MR) is 58.3 cm³/mol. The van der Waals surface area contributed by atoms with Crippen molar-refractivity contribution < 1.29 is 31.1 Å². The number of pyridine rings is 1. The molecule has 2 nitrogen and oxygen atoms in total. The van der Waals surface area contributed by atoms with Crippen LogP contribution in [0, 0.1) is 0 Å². The topological polar surface area (TPSA) is 22.1 Å². The van der Waals surface area contributed by atoms with Crippen LogP contribution in [0.5, 0.6) is 5.75 Å². The first kappa shape index (κ1) is 14.4. The van der Waals surface area contributed by atoms with Crippen LogP contribution in [0.15, 0.2) is 24.3 Å². The number of hydrogen-bond acceptors (Lipinski definition) is 2. The Labute approximate surface area is 109 Å². The van der Waals surface area contributed by atoms with Crippen LogP contribution >= 0.6 is 0 Å². The predicted octanol–water partition coefficient (Wildman–Crippen LogP) is 4.28. The molecule has 0 amide bonds. The van der Waals surface area contributed by atoms with E-state index in [4.69, 9.17) is 4.74 Å². The highest BCUT2D eigenvalue weighted by Gasteiger charge is 2.37. The van der Waals surface area contributed by atoms with Gasteiger partial charge in [-0.3, -0.25) is 0 Å². The first-order valence-corrected chi connectivity index (χ1v) is 5.26. The van der Waals surface area contributed by atoms with Gasteiger partial charge in [0.25, 0.3) is 0 Å². The minimum atomic E-state index is -4.86. The van der Waals surface area contributed by atoms with Gasteiger partial charge in [-0.15, -0.1) is 0 Å². The molecule has 0 unspecified atom stereocenters. The van der Waals surface area contributed by atoms with Crippen LogP contribution in [0.1, 0.15) is 11.3 Å². The first-order valence-electron chi connectivity index (χ1n) is 5.26. The molecule has 1 aromatic heterocycles. The molecule has 0 radical (unpaired) electrons. The third-order valence-electron chi connectivity index (χ3n) is 2.62. The Morgan fingerprint density at radius 1 is 1.00 bits per heavy atom. The van der Waals surface area contributed by atoms with Crippen LogP contribution in [-0.4, -0.2) is 12.1 Å². The Balaban J connectivity index is 2.87.